The maximum Gasteiger partial charge on any atom is 0.232 e. The number of carbonyl (C=O) groups excluding carboxylic acids is 1. The molecule has 3 nitrogen and oxygen atoms in total. The minimum Gasteiger partial charge on any atom is -0.353 e. The van der Waals surface area contributed by atoms with Crippen LogP contribution in [0.25, 0.3) is 0 Å². The predicted octanol–water partition coefficient (Wildman–Crippen LogP) is 0.735. The van der Waals surface area contributed by atoms with Crippen molar-refractivity contribution >= 4 is 17.7 Å². The number of nitrogens with two attached hydrogens (primary N) is 1. The first kappa shape index (κ1) is 10.9. The summed E-state index contributed by atoms with van der Waals surface area (Å²) in [4.78, 5) is 11.4. The lowest BCUT2D eigenvalue weighted by atomic mass is 9.78. The summed E-state index contributed by atoms with van der Waals surface area (Å²) in [5.41, 5.74) is 5.87. The molecule has 0 aliphatic heterocycles. The van der Waals surface area contributed by atoms with Gasteiger partial charge in [0.15, 0.2) is 0 Å². The summed E-state index contributed by atoms with van der Waals surface area (Å²) in [6.45, 7) is 2.54. The average molecular weight is 202 g/mol. The summed E-state index contributed by atoms with van der Waals surface area (Å²) in [6, 6.07) is 0. The standard InChI is InChI=1S/C9H18N2OS/c1-7(13-2)8(12)11-6-9(10)4-3-5-9/h7H,3-6,10H2,1-2H3,(H,11,12). The van der Waals surface area contributed by atoms with E-state index >= 15 is 0 Å². The lowest BCUT2D eigenvalue weighted by Gasteiger charge is -2.38. The number of hydrogen-bond donors (Lipinski definition) is 2. The fourth-order valence-corrected chi connectivity index (χ4v) is 1.62. The molecule has 1 unspecified atom stereocenters. The van der Waals surface area contributed by atoms with Crippen LogP contribution in [0.15, 0.2) is 0 Å². The van der Waals surface area contributed by atoms with Gasteiger partial charge in [0.2, 0.25) is 5.91 Å². The van der Waals surface area contributed by atoms with Crippen LogP contribution in [0.1, 0.15) is 26.2 Å². The van der Waals surface area contributed by atoms with E-state index in [4.69, 9.17) is 5.73 Å². The summed E-state index contributed by atoms with van der Waals surface area (Å²) in [6.07, 6.45) is 5.22. The van der Waals surface area contributed by atoms with Crippen molar-refractivity contribution < 1.29 is 4.79 Å². The van der Waals surface area contributed by atoms with Gasteiger partial charge in [-0.1, -0.05) is 0 Å². The molecule has 3 N–H and O–H groups in total. The van der Waals surface area contributed by atoms with E-state index in [-0.39, 0.29) is 16.7 Å². The number of amides is 1. The molecule has 76 valence electrons. The number of nitrogens with one attached hydrogen (secondary N) is 1. The van der Waals surface area contributed by atoms with Crippen LogP contribution in [0.3, 0.4) is 0 Å². The van der Waals surface area contributed by atoms with Crippen LogP contribution in [0.5, 0.6) is 0 Å². The molecule has 1 atom stereocenters. The molecule has 4 heteroatoms. The van der Waals surface area contributed by atoms with E-state index in [0.717, 1.165) is 12.8 Å². The minimum absolute atomic E-state index is 0.0312. The van der Waals surface area contributed by atoms with Crippen molar-refractivity contribution in [2.75, 3.05) is 12.8 Å². The highest BCUT2D eigenvalue weighted by atomic mass is 32.2. The lowest BCUT2D eigenvalue weighted by molar-refractivity contribution is -0.120. The summed E-state index contributed by atoms with van der Waals surface area (Å²) >= 11 is 1.56. The molecule has 1 saturated carbocycles. The van der Waals surface area contributed by atoms with Crippen molar-refractivity contribution in [3.05, 3.63) is 0 Å². The fraction of sp³-hybridized carbons (Fsp3) is 0.889. The molecule has 1 aliphatic carbocycles. The summed E-state index contributed by atoms with van der Waals surface area (Å²) in [5.74, 6) is 0.101. The molecule has 1 amide bonds. The number of rotatable bonds is 4. The van der Waals surface area contributed by atoms with E-state index in [2.05, 4.69) is 5.32 Å². The topological polar surface area (TPSA) is 55.1 Å². The van der Waals surface area contributed by atoms with Crippen LogP contribution in [0.4, 0.5) is 0 Å². The van der Waals surface area contributed by atoms with Gasteiger partial charge in [-0.2, -0.15) is 11.8 Å². The van der Waals surface area contributed by atoms with E-state index in [1.807, 2.05) is 13.2 Å². The van der Waals surface area contributed by atoms with Crippen LogP contribution >= 0.6 is 11.8 Å². The van der Waals surface area contributed by atoms with Crippen molar-refractivity contribution in [2.45, 2.75) is 37.0 Å². The first-order valence-electron chi connectivity index (χ1n) is 4.67. The quantitative estimate of drug-likeness (QED) is 0.707. The van der Waals surface area contributed by atoms with Gasteiger partial charge in [-0.05, 0) is 32.4 Å². The predicted molar refractivity (Wildman–Crippen MR) is 56.8 cm³/mol. The Kier molecular flexibility index (Phi) is 3.62. The zero-order valence-electron chi connectivity index (χ0n) is 8.30. The molecule has 0 aromatic heterocycles. The van der Waals surface area contributed by atoms with Gasteiger partial charge in [0.1, 0.15) is 0 Å². The van der Waals surface area contributed by atoms with E-state index in [9.17, 15) is 4.79 Å². The van der Waals surface area contributed by atoms with Crippen molar-refractivity contribution in [2.24, 2.45) is 5.73 Å². The average Bonchev–Trinajstić information content (AvgIpc) is 2.09. The van der Waals surface area contributed by atoms with E-state index in [1.54, 1.807) is 11.8 Å². The second kappa shape index (κ2) is 4.33. The Morgan fingerprint density at radius 2 is 2.31 bits per heavy atom. The minimum atomic E-state index is -0.103. The van der Waals surface area contributed by atoms with Crippen molar-refractivity contribution in [3.63, 3.8) is 0 Å². The van der Waals surface area contributed by atoms with Gasteiger partial charge in [0, 0.05) is 12.1 Å². The summed E-state index contributed by atoms with van der Waals surface area (Å²) in [5, 5.41) is 2.92. The van der Waals surface area contributed by atoms with Gasteiger partial charge >= 0.3 is 0 Å². The molecule has 0 heterocycles. The Labute approximate surface area is 83.8 Å². The largest absolute Gasteiger partial charge is 0.353 e. The number of thioether (sulfide) groups is 1. The third kappa shape index (κ3) is 2.88. The van der Waals surface area contributed by atoms with Crippen LogP contribution in [-0.2, 0) is 4.79 Å². The molecule has 1 aliphatic rings. The molecular formula is C9H18N2OS. The van der Waals surface area contributed by atoms with Gasteiger partial charge in [-0.3, -0.25) is 4.79 Å². The van der Waals surface area contributed by atoms with Gasteiger partial charge in [0.05, 0.1) is 5.25 Å². The normalized spacial score (nSPS) is 21.8. The Hall–Kier alpha value is -0.220. The van der Waals surface area contributed by atoms with E-state index in [0.29, 0.717) is 6.54 Å². The molecule has 0 saturated heterocycles. The lowest BCUT2D eigenvalue weighted by Crippen LogP contribution is -2.55. The Morgan fingerprint density at radius 3 is 2.69 bits per heavy atom. The second-order valence-electron chi connectivity index (χ2n) is 3.81. The molecule has 1 rings (SSSR count). The molecule has 1 fully saturated rings. The molecule has 13 heavy (non-hydrogen) atoms. The third-order valence-corrected chi connectivity index (χ3v) is 3.61. The maximum absolute atomic E-state index is 11.4. The fourth-order valence-electron chi connectivity index (χ4n) is 1.32. The Balaban J connectivity index is 2.21. The van der Waals surface area contributed by atoms with Gasteiger partial charge < -0.3 is 11.1 Å². The van der Waals surface area contributed by atoms with E-state index < -0.39 is 0 Å². The van der Waals surface area contributed by atoms with Crippen molar-refractivity contribution in [1.29, 1.82) is 0 Å². The summed E-state index contributed by atoms with van der Waals surface area (Å²) in [7, 11) is 0. The molecule has 0 spiro atoms. The highest BCUT2D eigenvalue weighted by molar-refractivity contribution is 7.99. The molecule has 0 aromatic carbocycles. The molecule has 0 radical (unpaired) electrons. The SMILES string of the molecule is CSC(C)C(=O)NCC1(N)CCC1. The van der Waals surface area contributed by atoms with Gasteiger partial charge in [-0.25, -0.2) is 0 Å². The first-order chi connectivity index (χ1) is 6.07. The van der Waals surface area contributed by atoms with Crippen LogP contribution in [0, 0.1) is 0 Å². The number of hydrogen-bond acceptors (Lipinski definition) is 3. The first-order valence-corrected chi connectivity index (χ1v) is 5.95. The van der Waals surface area contributed by atoms with Gasteiger partial charge in [0.25, 0.3) is 0 Å². The number of carbonyl (C=O) groups is 1. The second-order valence-corrected chi connectivity index (χ2v) is 4.99. The van der Waals surface area contributed by atoms with Crippen molar-refractivity contribution in [3.8, 4) is 0 Å². The Morgan fingerprint density at radius 1 is 1.69 bits per heavy atom. The highest BCUT2D eigenvalue weighted by Gasteiger charge is 2.32. The van der Waals surface area contributed by atoms with Gasteiger partial charge in [-0.15, -0.1) is 0 Å². The summed E-state index contributed by atoms with van der Waals surface area (Å²) < 4.78 is 0. The zero-order valence-corrected chi connectivity index (χ0v) is 9.12. The third-order valence-electron chi connectivity index (χ3n) is 2.69. The van der Waals surface area contributed by atoms with Crippen LogP contribution in [-0.4, -0.2) is 29.5 Å². The highest BCUT2D eigenvalue weighted by Crippen LogP contribution is 2.28. The molecular weight excluding hydrogens is 184 g/mol. The molecule has 0 bridgehead atoms. The monoisotopic (exact) mass is 202 g/mol. The van der Waals surface area contributed by atoms with Crippen LogP contribution < -0.4 is 11.1 Å². The van der Waals surface area contributed by atoms with Crippen LogP contribution in [0.2, 0.25) is 0 Å². The maximum atomic E-state index is 11.4. The zero-order chi connectivity index (χ0) is 9.90. The smallest absolute Gasteiger partial charge is 0.232 e. The van der Waals surface area contributed by atoms with E-state index in [1.165, 1.54) is 6.42 Å². The Bertz CT molecular complexity index is 192. The van der Waals surface area contributed by atoms with Crippen molar-refractivity contribution in [1.82, 2.24) is 5.32 Å². The molecule has 0 aromatic rings.